The van der Waals surface area contributed by atoms with Gasteiger partial charge in [-0.15, -0.1) is 11.8 Å². The lowest BCUT2D eigenvalue weighted by Crippen LogP contribution is -2.41. The van der Waals surface area contributed by atoms with Crippen molar-refractivity contribution in [3.05, 3.63) is 63.9 Å². The summed E-state index contributed by atoms with van der Waals surface area (Å²) in [5.41, 5.74) is 1.51. The van der Waals surface area contributed by atoms with Crippen molar-refractivity contribution in [1.82, 2.24) is 10.3 Å². The summed E-state index contributed by atoms with van der Waals surface area (Å²) in [6.45, 7) is 3.88. The van der Waals surface area contributed by atoms with Gasteiger partial charge in [0.2, 0.25) is 5.91 Å². The molecule has 23 heavy (non-hydrogen) atoms. The van der Waals surface area contributed by atoms with Gasteiger partial charge in [0.25, 0.3) is 0 Å². The Labute approximate surface area is 150 Å². The SMILES string of the molecule is CC(C)(NC(=O)CSCc1cccnc1)c1ccc(Cl)c(Cl)c1. The predicted molar refractivity (Wildman–Crippen MR) is 98.0 cm³/mol. The molecule has 2 aromatic rings. The van der Waals surface area contributed by atoms with Crippen LogP contribution in [-0.4, -0.2) is 16.6 Å². The number of nitrogens with one attached hydrogen (secondary N) is 1. The summed E-state index contributed by atoms with van der Waals surface area (Å²) in [6.07, 6.45) is 3.55. The van der Waals surface area contributed by atoms with Gasteiger partial charge in [0.1, 0.15) is 0 Å². The molecule has 0 saturated heterocycles. The molecule has 0 unspecified atom stereocenters. The number of pyridine rings is 1. The van der Waals surface area contributed by atoms with Crippen molar-refractivity contribution in [1.29, 1.82) is 0 Å². The highest BCUT2D eigenvalue weighted by atomic mass is 35.5. The molecule has 0 aliphatic rings. The Bertz CT molecular complexity index is 678. The standard InChI is InChI=1S/C17H18Cl2N2OS/c1-17(2,13-5-6-14(18)15(19)8-13)21-16(22)11-23-10-12-4-3-7-20-9-12/h3-9H,10-11H2,1-2H3,(H,21,22). The van der Waals surface area contributed by atoms with Gasteiger partial charge < -0.3 is 5.32 Å². The number of halogens is 2. The molecule has 0 radical (unpaired) electrons. The third kappa shape index (κ3) is 5.41. The topological polar surface area (TPSA) is 42.0 Å². The average molecular weight is 369 g/mol. The molecule has 0 bridgehead atoms. The second kappa shape index (κ2) is 8.04. The fourth-order valence-electron chi connectivity index (χ4n) is 2.09. The zero-order chi connectivity index (χ0) is 16.9. The molecule has 0 aliphatic heterocycles. The number of hydrogen-bond donors (Lipinski definition) is 1. The smallest absolute Gasteiger partial charge is 0.230 e. The van der Waals surface area contributed by atoms with Crippen LogP contribution in [0.15, 0.2) is 42.7 Å². The lowest BCUT2D eigenvalue weighted by atomic mass is 9.94. The minimum absolute atomic E-state index is 0.0186. The minimum atomic E-state index is -0.514. The van der Waals surface area contributed by atoms with Gasteiger partial charge in [-0.05, 0) is 43.2 Å². The quantitative estimate of drug-likeness (QED) is 0.804. The summed E-state index contributed by atoms with van der Waals surface area (Å²) in [5.74, 6) is 1.13. The second-order valence-electron chi connectivity index (χ2n) is 5.66. The highest BCUT2D eigenvalue weighted by Crippen LogP contribution is 2.28. The Morgan fingerprint density at radius 1 is 1.26 bits per heavy atom. The maximum atomic E-state index is 12.2. The summed E-state index contributed by atoms with van der Waals surface area (Å²) in [6, 6.07) is 9.29. The summed E-state index contributed by atoms with van der Waals surface area (Å²) < 4.78 is 0. The maximum Gasteiger partial charge on any atom is 0.230 e. The Morgan fingerprint density at radius 2 is 2.04 bits per heavy atom. The Balaban J connectivity index is 1.89. The lowest BCUT2D eigenvalue weighted by Gasteiger charge is -2.27. The fourth-order valence-corrected chi connectivity index (χ4v) is 3.15. The van der Waals surface area contributed by atoms with Crippen LogP contribution in [0.1, 0.15) is 25.0 Å². The molecule has 1 amide bonds. The monoisotopic (exact) mass is 368 g/mol. The number of rotatable bonds is 6. The van der Waals surface area contributed by atoms with Gasteiger partial charge in [-0.3, -0.25) is 9.78 Å². The number of nitrogens with zero attached hydrogens (tertiary/aromatic N) is 1. The maximum absolute atomic E-state index is 12.2. The van der Waals surface area contributed by atoms with Gasteiger partial charge in [-0.2, -0.15) is 0 Å². The highest BCUT2D eigenvalue weighted by Gasteiger charge is 2.23. The van der Waals surface area contributed by atoms with E-state index >= 15 is 0 Å². The number of hydrogen-bond acceptors (Lipinski definition) is 3. The molecule has 2 rings (SSSR count). The summed E-state index contributed by atoms with van der Waals surface area (Å²) >= 11 is 13.5. The molecule has 0 atom stereocenters. The number of aromatic nitrogens is 1. The van der Waals surface area contributed by atoms with Crippen molar-refractivity contribution in [3.8, 4) is 0 Å². The molecule has 6 heteroatoms. The van der Waals surface area contributed by atoms with E-state index in [0.29, 0.717) is 15.8 Å². The zero-order valence-electron chi connectivity index (χ0n) is 13.0. The van der Waals surface area contributed by atoms with Gasteiger partial charge in [-0.1, -0.05) is 35.3 Å². The van der Waals surface area contributed by atoms with Crippen LogP contribution in [0.4, 0.5) is 0 Å². The van der Waals surface area contributed by atoms with Gasteiger partial charge >= 0.3 is 0 Å². The van der Waals surface area contributed by atoms with E-state index in [-0.39, 0.29) is 5.91 Å². The molecule has 1 N–H and O–H groups in total. The average Bonchev–Trinajstić information content (AvgIpc) is 2.50. The Hall–Kier alpha value is -1.23. The summed E-state index contributed by atoms with van der Waals surface area (Å²) in [7, 11) is 0. The van der Waals surface area contributed by atoms with Crippen LogP contribution in [0.25, 0.3) is 0 Å². The van der Waals surface area contributed by atoms with E-state index in [1.165, 1.54) is 0 Å². The molecule has 1 aromatic carbocycles. The summed E-state index contributed by atoms with van der Waals surface area (Å²) in [4.78, 5) is 16.2. The molecule has 0 spiro atoms. The predicted octanol–water partition coefficient (Wildman–Crippen LogP) is 4.67. The van der Waals surface area contributed by atoms with Gasteiger partial charge in [0.05, 0.1) is 21.3 Å². The first-order valence-electron chi connectivity index (χ1n) is 7.11. The molecule has 122 valence electrons. The molecule has 3 nitrogen and oxygen atoms in total. The first-order chi connectivity index (χ1) is 10.9. The highest BCUT2D eigenvalue weighted by molar-refractivity contribution is 7.99. The van der Waals surface area contributed by atoms with E-state index in [9.17, 15) is 4.79 Å². The number of carbonyl (C=O) groups is 1. The van der Waals surface area contributed by atoms with E-state index in [2.05, 4.69) is 10.3 Å². The van der Waals surface area contributed by atoms with Crippen LogP contribution in [0.3, 0.4) is 0 Å². The second-order valence-corrected chi connectivity index (χ2v) is 7.46. The molecular weight excluding hydrogens is 351 g/mol. The summed E-state index contributed by atoms with van der Waals surface area (Å²) in [5, 5.41) is 4.02. The van der Waals surface area contributed by atoms with Crippen molar-refractivity contribution in [2.75, 3.05) is 5.75 Å². The zero-order valence-corrected chi connectivity index (χ0v) is 15.3. The molecule has 0 aliphatic carbocycles. The number of thioether (sulfide) groups is 1. The van der Waals surface area contributed by atoms with Crippen LogP contribution in [0, 0.1) is 0 Å². The van der Waals surface area contributed by atoms with Crippen LogP contribution in [0.2, 0.25) is 10.0 Å². The fraction of sp³-hybridized carbons (Fsp3) is 0.294. The van der Waals surface area contributed by atoms with Crippen molar-refractivity contribution >= 4 is 40.9 Å². The molecule has 1 heterocycles. The normalized spacial score (nSPS) is 11.3. The first kappa shape index (κ1) is 18.1. The third-order valence-corrected chi connectivity index (χ3v) is 5.06. The van der Waals surface area contributed by atoms with Gasteiger partial charge in [0, 0.05) is 18.1 Å². The number of benzene rings is 1. The van der Waals surface area contributed by atoms with Gasteiger partial charge in [-0.25, -0.2) is 0 Å². The van der Waals surface area contributed by atoms with E-state index in [4.69, 9.17) is 23.2 Å². The molecule has 0 fully saturated rings. The lowest BCUT2D eigenvalue weighted by molar-refractivity contribution is -0.120. The Kier molecular flexibility index (Phi) is 6.33. The van der Waals surface area contributed by atoms with Crippen LogP contribution >= 0.6 is 35.0 Å². The van der Waals surface area contributed by atoms with Crippen molar-refractivity contribution in [3.63, 3.8) is 0 Å². The van der Waals surface area contributed by atoms with E-state index in [0.717, 1.165) is 16.9 Å². The largest absolute Gasteiger partial charge is 0.346 e. The van der Waals surface area contributed by atoms with Gasteiger partial charge in [0.15, 0.2) is 0 Å². The van der Waals surface area contributed by atoms with E-state index in [1.54, 1.807) is 30.1 Å². The van der Waals surface area contributed by atoms with Crippen molar-refractivity contribution in [2.24, 2.45) is 0 Å². The van der Waals surface area contributed by atoms with Crippen LogP contribution in [-0.2, 0) is 16.1 Å². The minimum Gasteiger partial charge on any atom is -0.346 e. The third-order valence-electron chi connectivity index (χ3n) is 3.32. The Morgan fingerprint density at radius 3 is 2.70 bits per heavy atom. The number of carbonyl (C=O) groups excluding carboxylic acids is 1. The molecule has 0 saturated carbocycles. The van der Waals surface area contributed by atoms with Crippen molar-refractivity contribution in [2.45, 2.75) is 25.1 Å². The van der Waals surface area contributed by atoms with E-state index < -0.39 is 5.54 Å². The molecule has 1 aromatic heterocycles. The van der Waals surface area contributed by atoms with E-state index in [1.807, 2.05) is 38.2 Å². The number of amides is 1. The van der Waals surface area contributed by atoms with Crippen LogP contribution in [0.5, 0.6) is 0 Å². The van der Waals surface area contributed by atoms with Crippen molar-refractivity contribution < 1.29 is 4.79 Å². The molecular formula is C17H18Cl2N2OS. The van der Waals surface area contributed by atoms with Crippen LogP contribution < -0.4 is 5.32 Å². The first-order valence-corrected chi connectivity index (χ1v) is 9.03.